The second kappa shape index (κ2) is 7.75. The molecule has 0 bridgehead atoms. The number of allylic oxidation sites excluding steroid dienone is 1. The fourth-order valence-corrected chi connectivity index (χ4v) is 3.27. The van der Waals surface area contributed by atoms with Gasteiger partial charge in [-0.15, -0.1) is 0 Å². The number of carbonyl (C=O) groups excluding carboxylic acids is 2. The third-order valence-electron chi connectivity index (χ3n) is 4.83. The maximum atomic E-state index is 11.8. The molecule has 0 unspecified atom stereocenters. The molecule has 5 heteroatoms. The molecule has 1 aromatic carbocycles. The van der Waals surface area contributed by atoms with E-state index < -0.39 is 0 Å². The van der Waals surface area contributed by atoms with Crippen LogP contribution in [0.15, 0.2) is 35.5 Å². The van der Waals surface area contributed by atoms with E-state index >= 15 is 0 Å². The first kappa shape index (κ1) is 18.4. The van der Waals surface area contributed by atoms with Crippen molar-refractivity contribution in [1.29, 1.82) is 0 Å². The average molecular weight is 348 g/mol. The molecule has 0 aromatic heterocycles. The Hall–Kier alpha value is -1.94. The van der Waals surface area contributed by atoms with Crippen LogP contribution in [0, 0.1) is 17.3 Å². The molecule has 4 nitrogen and oxygen atoms in total. The van der Waals surface area contributed by atoms with Gasteiger partial charge in [0.2, 0.25) is 0 Å². The SMILES string of the molecule is CC(=O)[C@H]1C[C@@H](CC(=O)ON=CC=Cc2ccc(Cl)cc2)C1(C)C. The van der Waals surface area contributed by atoms with Crippen LogP contribution >= 0.6 is 11.6 Å². The van der Waals surface area contributed by atoms with Gasteiger partial charge in [0.1, 0.15) is 5.78 Å². The first-order chi connectivity index (χ1) is 11.3. The number of halogens is 1. The Morgan fingerprint density at radius 1 is 1.33 bits per heavy atom. The summed E-state index contributed by atoms with van der Waals surface area (Å²) in [5.41, 5.74) is 0.826. The summed E-state index contributed by atoms with van der Waals surface area (Å²) in [7, 11) is 0. The summed E-state index contributed by atoms with van der Waals surface area (Å²) in [4.78, 5) is 28.2. The standard InChI is InChI=1S/C19H22ClNO3/c1-13(22)17-11-15(19(17,2)3)12-18(23)24-21-10-4-5-14-6-8-16(20)9-7-14/h4-10,15,17H,11-12H2,1-3H3/t15-,17+/m0/s1. The van der Waals surface area contributed by atoms with E-state index in [9.17, 15) is 9.59 Å². The van der Waals surface area contributed by atoms with Crippen LogP contribution in [0.2, 0.25) is 5.02 Å². The zero-order valence-corrected chi connectivity index (χ0v) is 14.9. The average Bonchev–Trinajstić information content (AvgIpc) is 2.52. The molecule has 0 radical (unpaired) electrons. The highest BCUT2D eigenvalue weighted by atomic mass is 35.5. The number of ketones is 1. The highest BCUT2D eigenvalue weighted by Gasteiger charge is 2.50. The maximum absolute atomic E-state index is 11.8. The lowest BCUT2D eigenvalue weighted by Gasteiger charge is -2.50. The molecule has 1 fully saturated rings. The number of benzene rings is 1. The predicted octanol–water partition coefficient (Wildman–Crippen LogP) is 4.52. The smallest absolute Gasteiger partial charge is 0.318 e. The van der Waals surface area contributed by atoms with Crippen LogP contribution < -0.4 is 0 Å². The van der Waals surface area contributed by atoms with Crippen molar-refractivity contribution in [3.05, 3.63) is 40.9 Å². The molecule has 0 heterocycles. The lowest BCUT2D eigenvalue weighted by atomic mass is 9.53. The molecule has 0 aliphatic heterocycles. The third-order valence-corrected chi connectivity index (χ3v) is 5.09. The number of carbonyl (C=O) groups is 2. The summed E-state index contributed by atoms with van der Waals surface area (Å²) in [6.45, 7) is 5.66. The number of rotatable bonds is 6. The minimum Gasteiger partial charge on any atom is -0.318 e. The van der Waals surface area contributed by atoms with E-state index in [1.807, 2.05) is 32.1 Å². The van der Waals surface area contributed by atoms with Gasteiger partial charge in [0.15, 0.2) is 0 Å². The van der Waals surface area contributed by atoms with Crippen LogP contribution in [-0.2, 0) is 14.4 Å². The topological polar surface area (TPSA) is 55.7 Å². The second-order valence-electron chi connectivity index (χ2n) is 6.75. The Kier molecular flexibility index (Phi) is 5.94. The van der Waals surface area contributed by atoms with Crippen LogP contribution in [0.5, 0.6) is 0 Å². The van der Waals surface area contributed by atoms with Crippen molar-refractivity contribution in [3.8, 4) is 0 Å². The van der Waals surface area contributed by atoms with Gasteiger partial charge in [0, 0.05) is 10.9 Å². The fraction of sp³-hybridized carbons (Fsp3) is 0.421. The van der Waals surface area contributed by atoms with Gasteiger partial charge in [-0.3, -0.25) is 4.79 Å². The lowest BCUT2D eigenvalue weighted by molar-refractivity contribution is -0.153. The van der Waals surface area contributed by atoms with Gasteiger partial charge in [-0.05, 0) is 48.4 Å². The monoisotopic (exact) mass is 347 g/mol. The Morgan fingerprint density at radius 3 is 2.58 bits per heavy atom. The lowest BCUT2D eigenvalue weighted by Crippen LogP contribution is -2.48. The zero-order chi connectivity index (χ0) is 17.7. The molecule has 24 heavy (non-hydrogen) atoms. The number of Topliss-reactive ketones (excluding diaryl/α,β-unsaturated/α-hetero) is 1. The van der Waals surface area contributed by atoms with E-state index in [1.165, 1.54) is 6.21 Å². The van der Waals surface area contributed by atoms with E-state index in [0.717, 1.165) is 12.0 Å². The van der Waals surface area contributed by atoms with Crippen LogP contribution in [-0.4, -0.2) is 18.0 Å². The van der Waals surface area contributed by atoms with Gasteiger partial charge < -0.3 is 4.84 Å². The van der Waals surface area contributed by atoms with Crippen molar-refractivity contribution < 1.29 is 14.4 Å². The fourth-order valence-electron chi connectivity index (χ4n) is 3.14. The Balaban J connectivity index is 1.75. The molecule has 1 aliphatic rings. The van der Waals surface area contributed by atoms with Gasteiger partial charge in [-0.2, -0.15) is 0 Å². The van der Waals surface area contributed by atoms with Crippen molar-refractivity contribution in [1.82, 2.24) is 0 Å². The molecule has 2 rings (SSSR count). The molecule has 1 saturated carbocycles. The summed E-state index contributed by atoms with van der Waals surface area (Å²) in [5, 5.41) is 4.34. The first-order valence-electron chi connectivity index (χ1n) is 7.96. The number of hydrogen-bond donors (Lipinski definition) is 0. The minimum atomic E-state index is -0.369. The van der Waals surface area contributed by atoms with Crippen molar-refractivity contribution in [2.24, 2.45) is 22.4 Å². The van der Waals surface area contributed by atoms with E-state index in [2.05, 4.69) is 5.16 Å². The third kappa shape index (κ3) is 4.54. The molecule has 2 atom stereocenters. The van der Waals surface area contributed by atoms with E-state index in [4.69, 9.17) is 16.4 Å². The number of nitrogens with zero attached hydrogens (tertiary/aromatic N) is 1. The van der Waals surface area contributed by atoms with E-state index in [-0.39, 0.29) is 35.4 Å². The molecular formula is C19H22ClNO3. The Bertz CT molecular complexity index is 662. The predicted molar refractivity (Wildman–Crippen MR) is 95.7 cm³/mol. The number of oxime groups is 1. The second-order valence-corrected chi connectivity index (χ2v) is 7.19. The largest absolute Gasteiger partial charge is 0.335 e. The van der Waals surface area contributed by atoms with Gasteiger partial charge >= 0.3 is 5.97 Å². The molecular weight excluding hydrogens is 326 g/mol. The summed E-state index contributed by atoms with van der Waals surface area (Å²) in [5.74, 6) is 0.0287. The van der Waals surface area contributed by atoms with Gasteiger partial charge in [0.05, 0.1) is 12.6 Å². The molecule has 1 aliphatic carbocycles. The minimum absolute atomic E-state index is 0.0427. The Labute approximate surface area is 147 Å². The zero-order valence-electron chi connectivity index (χ0n) is 14.2. The van der Waals surface area contributed by atoms with Crippen LogP contribution in [0.4, 0.5) is 0 Å². The quantitative estimate of drug-likeness (QED) is 0.431. The normalized spacial score (nSPS) is 22.5. The van der Waals surface area contributed by atoms with E-state index in [1.54, 1.807) is 25.1 Å². The first-order valence-corrected chi connectivity index (χ1v) is 8.34. The maximum Gasteiger partial charge on any atom is 0.335 e. The Morgan fingerprint density at radius 2 is 2.00 bits per heavy atom. The van der Waals surface area contributed by atoms with Crippen molar-refractivity contribution in [2.75, 3.05) is 0 Å². The summed E-state index contributed by atoms with van der Waals surface area (Å²) >= 11 is 5.81. The van der Waals surface area contributed by atoms with Gasteiger partial charge in [-0.1, -0.05) is 48.8 Å². The van der Waals surface area contributed by atoms with Gasteiger partial charge in [0.25, 0.3) is 0 Å². The van der Waals surface area contributed by atoms with Crippen LogP contribution in [0.3, 0.4) is 0 Å². The molecule has 128 valence electrons. The van der Waals surface area contributed by atoms with Crippen molar-refractivity contribution in [3.63, 3.8) is 0 Å². The van der Waals surface area contributed by atoms with Gasteiger partial charge in [-0.25, -0.2) is 4.79 Å². The summed E-state index contributed by atoms with van der Waals surface area (Å²) in [6, 6.07) is 7.35. The molecule has 0 spiro atoms. The highest BCUT2D eigenvalue weighted by Crippen LogP contribution is 2.53. The number of hydrogen-bond acceptors (Lipinski definition) is 4. The highest BCUT2D eigenvalue weighted by molar-refractivity contribution is 6.30. The molecule has 0 N–H and O–H groups in total. The molecule has 1 aromatic rings. The summed E-state index contributed by atoms with van der Waals surface area (Å²) in [6.07, 6.45) is 5.99. The molecule has 0 saturated heterocycles. The molecule has 0 amide bonds. The van der Waals surface area contributed by atoms with Crippen molar-refractivity contribution in [2.45, 2.75) is 33.6 Å². The van der Waals surface area contributed by atoms with E-state index in [0.29, 0.717) is 5.02 Å². The van der Waals surface area contributed by atoms with Crippen molar-refractivity contribution >= 4 is 35.6 Å². The van der Waals surface area contributed by atoms with Crippen LogP contribution in [0.25, 0.3) is 6.08 Å². The summed E-state index contributed by atoms with van der Waals surface area (Å²) < 4.78 is 0. The van der Waals surface area contributed by atoms with Crippen LogP contribution in [0.1, 0.15) is 39.2 Å².